The monoisotopic (exact) mass is 481 g/mol. The summed E-state index contributed by atoms with van der Waals surface area (Å²) in [5.41, 5.74) is -7.10. The van der Waals surface area contributed by atoms with Crippen molar-refractivity contribution >= 4 is 24.2 Å². The van der Waals surface area contributed by atoms with Crippen LogP contribution in [0.3, 0.4) is 0 Å². The van der Waals surface area contributed by atoms with Crippen LogP contribution in [0.5, 0.6) is 0 Å². The summed E-state index contributed by atoms with van der Waals surface area (Å²) in [6, 6.07) is 2.54. The zero-order chi connectivity index (χ0) is 25.1. The second kappa shape index (κ2) is 7.98. The quantitative estimate of drug-likeness (QED) is 0.384. The minimum atomic E-state index is -5.74. The predicted octanol–water partition coefficient (Wildman–Crippen LogP) is 4.95. The molecule has 0 saturated carbocycles. The lowest BCUT2D eigenvalue weighted by molar-refractivity contribution is -0.143. The van der Waals surface area contributed by atoms with Crippen LogP contribution in [-0.4, -0.2) is 24.2 Å². The van der Waals surface area contributed by atoms with Gasteiger partial charge in [0.1, 0.15) is 17.1 Å². The van der Waals surface area contributed by atoms with Gasteiger partial charge in [-0.05, 0) is 51.4 Å². The molecule has 0 unspecified atom stereocenters. The average Bonchev–Trinajstić information content (AvgIpc) is 2.89. The van der Waals surface area contributed by atoms with Crippen LogP contribution >= 0.6 is 0 Å². The maximum atomic E-state index is 14.2. The Labute approximate surface area is 183 Å². The number of benzene rings is 2. The molecule has 33 heavy (non-hydrogen) atoms. The number of anilines is 1. The largest absolute Gasteiger partial charge is 0.495 e. The number of halogens is 8. The molecule has 1 fully saturated rings. The minimum Gasteiger partial charge on any atom is -0.399 e. The second-order valence-electron chi connectivity index (χ2n) is 8.28. The van der Waals surface area contributed by atoms with E-state index in [4.69, 9.17) is 9.31 Å². The summed E-state index contributed by atoms with van der Waals surface area (Å²) in [5.74, 6) is -12.6. The zero-order valence-corrected chi connectivity index (χ0v) is 17.6. The van der Waals surface area contributed by atoms with Gasteiger partial charge in [-0.3, -0.25) is 4.79 Å². The number of hydrogen-bond donors (Lipinski definition) is 1. The van der Waals surface area contributed by atoms with Crippen molar-refractivity contribution < 1.29 is 49.2 Å². The molecule has 178 valence electrons. The zero-order valence-electron chi connectivity index (χ0n) is 17.6. The smallest absolute Gasteiger partial charge is 0.399 e. The second-order valence-corrected chi connectivity index (χ2v) is 8.28. The minimum absolute atomic E-state index is 0.222. The van der Waals surface area contributed by atoms with E-state index >= 15 is 0 Å². The third-order valence-corrected chi connectivity index (χ3v) is 5.55. The van der Waals surface area contributed by atoms with Gasteiger partial charge in [-0.25, -0.2) is 22.0 Å². The number of rotatable bonds is 3. The fraction of sp³-hybridized carbons (Fsp3) is 0.350. The molecule has 1 amide bonds. The summed E-state index contributed by atoms with van der Waals surface area (Å²) < 4.78 is 120. The number of hydrogen-bond acceptors (Lipinski definition) is 3. The molecule has 0 spiro atoms. The van der Waals surface area contributed by atoms with Crippen molar-refractivity contribution in [1.82, 2.24) is 0 Å². The van der Waals surface area contributed by atoms with E-state index in [1.54, 1.807) is 27.7 Å². The average molecular weight is 481 g/mol. The highest BCUT2D eigenvalue weighted by molar-refractivity contribution is 6.63. The normalized spacial score (nSPS) is 17.4. The van der Waals surface area contributed by atoms with E-state index in [0.717, 1.165) is 18.2 Å². The van der Waals surface area contributed by atoms with Crippen molar-refractivity contribution in [3.05, 3.63) is 58.4 Å². The number of carbonyl (C=O) groups is 1. The van der Waals surface area contributed by atoms with E-state index in [1.807, 2.05) is 0 Å². The Bertz CT molecular complexity index is 1090. The fourth-order valence-corrected chi connectivity index (χ4v) is 3.08. The summed E-state index contributed by atoms with van der Waals surface area (Å²) in [5, 5.41) is 1.51. The van der Waals surface area contributed by atoms with Crippen molar-refractivity contribution in [3.63, 3.8) is 0 Å². The molecule has 1 saturated heterocycles. The molecule has 3 rings (SSSR count). The summed E-state index contributed by atoms with van der Waals surface area (Å²) in [6.07, 6.45) is -5.74. The van der Waals surface area contributed by atoms with Gasteiger partial charge in [-0.2, -0.15) is 13.2 Å². The lowest BCUT2D eigenvalue weighted by Gasteiger charge is -2.32. The molecule has 2 aromatic rings. The van der Waals surface area contributed by atoms with Gasteiger partial charge in [-0.15, -0.1) is 0 Å². The van der Waals surface area contributed by atoms with Crippen molar-refractivity contribution in [3.8, 4) is 0 Å². The molecule has 1 aliphatic rings. The first-order chi connectivity index (χ1) is 15.0. The molecule has 0 radical (unpaired) electrons. The van der Waals surface area contributed by atoms with Crippen molar-refractivity contribution in [2.75, 3.05) is 5.32 Å². The van der Waals surface area contributed by atoms with Crippen LogP contribution in [0.25, 0.3) is 0 Å². The van der Waals surface area contributed by atoms with Gasteiger partial charge in [-0.1, -0.05) is 0 Å². The van der Waals surface area contributed by atoms with Crippen LogP contribution < -0.4 is 10.8 Å². The van der Waals surface area contributed by atoms with Crippen LogP contribution in [0, 0.1) is 29.1 Å². The van der Waals surface area contributed by atoms with E-state index in [-0.39, 0.29) is 5.46 Å². The highest BCUT2D eigenvalue weighted by Gasteiger charge is 2.52. The first-order valence-electron chi connectivity index (χ1n) is 9.37. The third kappa shape index (κ3) is 4.31. The van der Waals surface area contributed by atoms with Crippen LogP contribution in [0.4, 0.5) is 40.8 Å². The van der Waals surface area contributed by atoms with E-state index < -0.39 is 76.3 Å². The number of alkyl halides is 3. The summed E-state index contributed by atoms with van der Waals surface area (Å²) in [7, 11) is -1.32. The third-order valence-electron chi connectivity index (χ3n) is 5.55. The molecule has 2 aromatic carbocycles. The SMILES string of the molecule is CC1(C)OB(c2cc(F)ccc2C(=O)Nc2c(F)c(F)c(C(F)(F)F)c(F)c2F)OC1(C)C. The Morgan fingerprint density at radius 1 is 0.879 bits per heavy atom. The lowest BCUT2D eigenvalue weighted by Crippen LogP contribution is -2.41. The Balaban J connectivity index is 2.04. The molecule has 1 aliphatic heterocycles. The Morgan fingerprint density at radius 2 is 1.36 bits per heavy atom. The van der Waals surface area contributed by atoms with Gasteiger partial charge >= 0.3 is 13.3 Å². The van der Waals surface area contributed by atoms with Crippen LogP contribution in [0.1, 0.15) is 43.6 Å². The van der Waals surface area contributed by atoms with Crippen molar-refractivity contribution in [2.24, 2.45) is 0 Å². The summed E-state index contributed by atoms with van der Waals surface area (Å²) in [6.45, 7) is 6.63. The number of carbonyl (C=O) groups excluding carboxylic acids is 1. The molecule has 4 nitrogen and oxygen atoms in total. The molecule has 0 aromatic heterocycles. The highest BCUT2D eigenvalue weighted by atomic mass is 19.4. The van der Waals surface area contributed by atoms with Crippen molar-refractivity contribution in [2.45, 2.75) is 45.1 Å². The van der Waals surface area contributed by atoms with Crippen LogP contribution in [-0.2, 0) is 15.5 Å². The van der Waals surface area contributed by atoms with Gasteiger partial charge in [0, 0.05) is 5.56 Å². The molecule has 0 bridgehead atoms. The van der Waals surface area contributed by atoms with Gasteiger partial charge in [0.2, 0.25) is 0 Å². The van der Waals surface area contributed by atoms with Crippen LogP contribution in [0.15, 0.2) is 18.2 Å². The lowest BCUT2D eigenvalue weighted by atomic mass is 9.75. The highest BCUT2D eigenvalue weighted by Crippen LogP contribution is 2.39. The van der Waals surface area contributed by atoms with E-state index in [2.05, 4.69) is 0 Å². The topological polar surface area (TPSA) is 47.6 Å². The van der Waals surface area contributed by atoms with Gasteiger partial charge in [0.15, 0.2) is 23.3 Å². The molecule has 0 atom stereocenters. The molecule has 1 heterocycles. The number of nitrogens with one attached hydrogen (secondary N) is 1. The van der Waals surface area contributed by atoms with Gasteiger partial charge in [0.05, 0.1) is 11.2 Å². The molecule has 1 N–H and O–H groups in total. The summed E-state index contributed by atoms with van der Waals surface area (Å²) >= 11 is 0. The first kappa shape index (κ1) is 25.0. The molecular weight excluding hydrogens is 465 g/mol. The summed E-state index contributed by atoms with van der Waals surface area (Å²) in [4.78, 5) is 12.7. The Kier molecular flexibility index (Phi) is 6.04. The van der Waals surface area contributed by atoms with Crippen molar-refractivity contribution in [1.29, 1.82) is 0 Å². The number of amides is 1. The fourth-order valence-electron chi connectivity index (χ4n) is 3.08. The maximum absolute atomic E-state index is 14.2. The van der Waals surface area contributed by atoms with E-state index in [1.165, 1.54) is 5.32 Å². The van der Waals surface area contributed by atoms with Gasteiger partial charge in [0.25, 0.3) is 5.91 Å². The maximum Gasteiger partial charge on any atom is 0.495 e. The van der Waals surface area contributed by atoms with E-state index in [9.17, 15) is 39.9 Å². The predicted molar refractivity (Wildman–Crippen MR) is 101 cm³/mol. The van der Waals surface area contributed by atoms with Crippen LogP contribution in [0.2, 0.25) is 0 Å². The standard InChI is InChI=1S/C20H16BF8NO3/c1-18(2)19(3,4)33-21(32-18)10-7-8(22)5-6-9(10)17(31)30-16-14(25)12(23)11(20(27,28)29)13(24)15(16)26/h5-7H,1-4H3,(H,30,31). The van der Waals surface area contributed by atoms with E-state index in [0.29, 0.717) is 0 Å². The molecular formula is C20H16BF8NO3. The first-order valence-corrected chi connectivity index (χ1v) is 9.37. The van der Waals surface area contributed by atoms with Gasteiger partial charge < -0.3 is 14.6 Å². The Hall–Kier alpha value is -2.67. The molecule has 13 heteroatoms. The molecule has 0 aliphatic carbocycles. The Morgan fingerprint density at radius 3 is 1.82 bits per heavy atom.